The molecule has 0 aliphatic carbocycles. The number of nitrogens with zero attached hydrogens (tertiary/aromatic N) is 8. The molecule has 1 aliphatic rings. The number of hydrogen-bond donors (Lipinski definition) is 0. The molecule has 12 nitrogen and oxygen atoms in total. The Morgan fingerprint density at radius 3 is 2.23 bits per heavy atom. The van der Waals surface area contributed by atoms with Crippen LogP contribution in [0.15, 0.2) is 59.8 Å². The molecule has 0 bridgehead atoms. The molecule has 0 N–H and O–H groups in total. The van der Waals surface area contributed by atoms with Gasteiger partial charge in [-0.15, -0.1) is 5.10 Å². The number of fused-ring (bicyclic) bond motifs is 1. The van der Waals surface area contributed by atoms with Gasteiger partial charge in [-0.1, -0.05) is 19.1 Å². The van der Waals surface area contributed by atoms with Crippen LogP contribution in [0.3, 0.4) is 0 Å². The monoisotopic (exact) mass is 564 g/mol. The number of aromatic nitrogens is 5. The summed E-state index contributed by atoms with van der Waals surface area (Å²) in [6.45, 7) is 8.99. The maximum Gasteiger partial charge on any atom is 0.253 e. The van der Waals surface area contributed by atoms with E-state index in [0.29, 0.717) is 68.4 Å². The molecular weight excluding hydrogens is 532 g/mol. The van der Waals surface area contributed by atoms with Crippen molar-refractivity contribution in [3.63, 3.8) is 0 Å². The second-order valence-corrected chi connectivity index (χ2v) is 11.1. The van der Waals surface area contributed by atoms with Crippen LogP contribution in [0.25, 0.3) is 16.9 Å². The Bertz CT molecular complexity index is 1580. The van der Waals surface area contributed by atoms with Crippen LogP contribution in [0, 0.1) is 0 Å². The van der Waals surface area contributed by atoms with Crippen molar-refractivity contribution in [2.75, 3.05) is 50.8 Å². The first kappa shape index (κ1) is 27.5. The normalized spacial score (nSPS) is 14.2. The Kier molecular flexibility index (Phi) is 7.94. The Labute approximate surface area is 233 Å². The molecule has 0 radical (unpaired) electrons. The van der Waals surface area contributed by atoms with E-state index in [1.165, 1.54) is 22.8 Å². The lowest BCUT2D eigenvalue weighted by molar-refractivity contribution is 0.0746. The summed E-state index contributed by atoms with van der Waals surface area (Å²) >= 11 is 0. The number of piperazine rings is 1. The van der Waals surface area contributed by atoms with Gasteiger partial charge < -0.3 is 14.5 Å². The third-order valence-electron chi connectivity index (χ3n) is 6.92. The highest BCUT2D eigenvalue weighted by atomic mass is 32.2. The van der Waals surface area contributed by atoms with E-state index in [1.807, 2.05) is 31.2 Å². The fourth-order valence-corrected chi connectivity index (χ4v) is 6.24. The van der Waals surface area contributed by atoms with Crippen molar-refractivity contribution in [3.05, 3.63) is 60.4 Å². The van der Waals surface area contributed by atoms with E-state index in [9.17, 15) is 13.2 Å². The van der Waals surface area contributed by atoms with Crippen molar-refractivity contribution < 1.29 is 17.9 Å². The number of carbonyl (C=O) groups excluding carboxylic acids is 1. The van der Waals surface area contributed by atoms with Crippen molar-refractivity contribution in [2.24, 2.45) is 0 Å². The first-order chi connectivity index (χ1) is 19.4. The van der Waals surface area contributed by atoms with Crippen molar-refractivity contribution in [3.8, 4) is 11.4 Å². The molecule has 3 heterocycles. The lowest BCUT2D eigenvalue weighted by Crippen LogP contribution is -2.49. The molecule has 40 heavy (non-hydrogen) atoms. The van der Waals surface area contributed by atoms with Crippen molar-refractivity contribution in [1.82, 2.24) is 34.2 Å². The van der Waals surface area contributed by atoms with Crippen LogP contribution in [-0.4, -0.2) is 94.4 Å². The number of sulfonamides is 1. The topological polar surface area (TPSA) is 127 Å². The molecule has 2 aromatic carbocycles. The summed E-state index contributed by atoms with van der Waals surface area (Å²) in [7, 11) is -3.57. The predicted octanol–water partition coefficient (Wildman–Crippen LogP) is 2.60. The Morgan fingerprint density at radius 2 is 1.60 bits per heavy atom. The molecule has 1 amide bonds. The van der Waals surface area contributed by atoms with Gasteiger partial charge in [0.2, 0.25) is 10.0 Å². The zero-order valence-corrected chi connectivity index (χ0v) is 23.6. The summed E-state index contributed by atoms with van der Waals surface area (Å²) in [4.78, 5) is 26.1. The minimum Gasteiger partial charge on any atom is -0.494 e. The van der Waals surface area contributed by atoms with Gasteiger partial charge >= 0.3 is 0 Å². The Morgan fingerprint density at radius 1 is 0.925 bits per heavy atom. The third kappa shape index (κ3) is 5.21. The molecule has 210 valence electrons. The minimum atomic E-state index is -3.57. The molecule has 1 aliphatic heterocycles. The highest BCUT2D eigenvalue weighted by Crippen LogP contribution is 2.25. The average molecular weight is 565 g/mol. The maximum atomic E-state index is 13.2. The Hall–Kier alpha value is -4.10. The van der Waals surface area contributed by atoms with Gasteiger partial charge in [-0.3, -0.25) is 4.79 Å². The SMILES string of the molecule is CCOc1ccc(-n2nnc3c(N4CCN(C(=O)c5ccc(S(=O)(=O)N(CC)CC)cc5)CC4)ncnc32)cc1. The summed E-state index contributed by atoms with van der Waals surface area (Å²) in [5.74, 6) is 1.31. The molecule has 0 unspecified atom stereocenters. The van der Waals surface area contributed by atoms with Crippen molar-refractivity contribution >= 4 is 32.9 Å². The van der Waals surface area contributed by atoms with Gasteiger partial charge in [-0.05, 0) is 55.5 Å². The molecule has 0 saturated carbocycles. The number of ether oxygens (including phenoxy) is 1. The smallest absolute Gasteiger partial charge is 0.253 e. The fourth-order valence-electron chi connectivity index (χ4n) is 4.78. The van der Waals surface area contributed by atoms with E-state index in [2.05, 4.69) is 25.2 Å². The zero-order chi connectivity index (χ0) is 28.3. The molecule has 2 aromatic heterocycles. The number of amides is 1. The van der Waals surface area contributed by atoms with E-state index in [1.54, 1.807) is 35.6 Å². The largest absolute Gasteiger partial charge is 0.494 e. The lowest BCUT2D eigenvalue weighted by Gasteiger charge is -2.35. The lowest BCUT2D eigenvalue weighted by atomic mass is 10.2. The van der Waals surface area contributed by atoms with Gasteiger partial charge in [0.1, 0.15) is 12.1 Å². The van der Waals surface area contributed by atoms with Crippen LogP contribution in [0.1, 0.15) is 31.1 Å². The quantitative estimate of drug-likeness (QED) is 0.301. The van der Waals surface area contributed by atoms with Gasteiger partial charge in [-0.25, -0.2) is 18.4 Å². The van der Waals surface area contributed by atoms with E-state index >= 15 is 0 Å². The molecular formula is C27H32N8O4S. The molecule has 0 atom stereocenters. The number of anilines is 1. The summed E-state index contributed by atoms with van der Waals surface area (Å²) < 4.78 is 34.1. The number of carbonyl (C=O) groups is 1. The Balaban J connectivity index is 1.27. The van der Waals surface area contributed by atoms with Crippen molar-refractivity contribution in [2.45, 2.75) is 25.7 Å². The average Bonchev–Trinajstić information content (AvgIpc) is 3.42. The molecule has 13 heteroatoms. The minimum absolute atomic E-state index is 0.138. The van der Waals surface area contributed by atoms with Gasteiger partial charge in [0.25, 0.3) is 5.91 Å². The summed E-state index contributed by atoms with van der Waals surface area (Å²) in [6, 6.07) is 13.7. The fraction of sp³-hybridized carbons (Fsp3) is 0.370. The molecule has 4 aromatic rings. The molecule has 5 rings (SSSR count). The third-order valence-corrected chi connectivity index (χ3v) is 8.99. The van der Waals surface area contributed by atoms with Crippen LogP contribution in [0.2, 0.25) is 0 Å². The van der Waals surface area contributed by atoms with E-state index in [4.69, 9.17) is 4.74 Å². The first-order valence-corrected chi connectivity index (χ1v) is 14.8. The van der Waals surface area contributed by atoms with E-state index in [-0.39, 0.29) is 10.8 Å². The first-order valence-electron chi connectivity index (χ1n) is 13.3. The molecule has 0 spiro atoms. The van der Waals surface area contributed by atoms with Gasteiger partial charge in [0.15, 0.2) is 17.0 Å². The standard InChI is InChI=1S/C27H32N8O4S/c1-4-34(5-2)40(37,38)23-13-7-20(8-14-23)27(36)33-17-15-32(16-18-33)25-24-26(29-19-28-25)35(31-30-24)21-9-11-22(12-10-21)39-6-3/h7-14,19H,4-6,15-18H2,1-3H3. The van der Waals surface area contributed by atoms with E-state index in [0.717, 1.165) is 11.4 Å². The number of hydrogen-bond acceptors (Lipinski definition) is 9. The second kappa shape index (κ2) is 11.6. The van der Waals surface area contributed by atoms with Crippen molar-refractivity contribution in [1.29, 1.82) is 0 Å². The van der Waals surface area contributed by atoms with Gasteiger partial charge in [0.05, 0.1) is 17.2 Å². The zero-order valence-electron chi connectivity index (χ0n) is 22.8. The van der Waals surface area contributed by atoms with Gasteiger partial charge in [-0.2, -0.15) is 8.99 Å². The summed E-state index contributed by atoms with van der Waals surface area (Å²) in [5.41, 5.74) is 2.44. The molecule has 1 saturated heterocycles. The number of rotatable bonds is 9. The van der Waals surface area contributed by atoms with Crippen LogP contribution in [0.4, 0.5) is 5.82 Å². The number of benzene rings is 2. The predicted molar refractivity (Wildman–Crippen MR) is 150 cm³/mol. The maximum absolute atomic E-state index is 13.2. The van der Waals surface area contributed by atoms with Crippen LogP contribution >= 0.6 is 0 Å². The molecule has 1 fully saturated rings. The highest BCUT2D eigenvalue weighted by Gasteiger charge is 2.27. The van der Waals surface area contributed by atoms with Gasteiger partial charge in [0, 0.05) is 44.8 Å². The summed E-state index contributed by atoms with van der Waals surface area (Å²) in [6.07, 6.45) is 1.50. The van der Waals surface area contributed by atoms with Crippen LogP contribution in [0.5, 0.6) is 5.75 Å². The van der Waals surface area contributed by atoms with Crippen LogP contribution in [-0.2, 0) is 10.0 Å². The summed E-state index contributed by atoms with van der Waals surface area (Å²) in [5, 5.41) is 8.68. The van der Waals surface area contributed by atoms with E-state index < -0.39 is 10.0 Å². The highest BCUT2D eigenvalue weighted by molar-refractivity contribution is 7.89. The second-order valence-electron chi connectivity index (χ2n) is 9.19. The van der Waals surface area contributed by atoms with Crippen LogP contribution < -0.4 is 9.64 Å².